The van der Waals surface area contributed by atoms with Crippen molar-refractivity contribution in [1.82, 2.24) is 20.6 Å². The Morgan fingerprint density at radius 1 is 1.33 bits per heavy atom. The second-order valence-corrected chi connectivity index (χ2v) is 3.76. The van der Waals surface area contributed by atoms with Crippen LogP contribution in [0.2, 0.25) is 0 Å². The molecule has 1 aromatic carbocycles. The number of H-pyrrole nitrogens is 1. The van der Waals surface area contributed by atoms with Gasteiger partial charge in [0.1, 0.15) is 0 Å². The highest BCUT2D eigenvalue weighted by Gasteiger charge is 1.92. The van der Waals surface area contributed by atoms with Crippen molar-refractivity contribution in [3.8, 4) is 0 Å². The van der Waals surface area contributed by atoms with E-state index in [1.807, 2.05) is 0 Å². The fourth-order valence-electron chi connectivity index (χ4n) is 1.12. The lowest BCUT2D eigenvalue weighted by molar-refractivity contribution is 0.881. The highest BCUT2D eigenvalue weighted by Crippen LogP contribution is 2.18. The minimum absolute atomic E-state index is 0.393. The predicted molar refractivity (Wildman–Crippen MR) is 59.1 cm³/mol. The van der Waals surface area contributed by atoms with Crippen LogP contribution in [-0.2, 0) is 6.54 Å². The van der Waals surface area contributed by atoms with Gasteiger partial charge in [0.25, 0.3) is 0 Å². The number of tetrazole rings is 1. The molecule has 0 amide bonds. The normalized spacial score (nSPS) is 10.2. The third-order valence-corrected chi connectivity index (χ3v) is 2.64. The molecular formula is C9H10N5S-. The second-order valence-electron chi connectivity index (χ2n) is 2.88. The van der Waals surface area contributed by atoms with Gasteiger partial charge in [0, 0.05) is 11.4 Å². The summed E-state index contributed by atoms with van der Waals surface area (Å²) >= 11 is 1.72. The van der Waals surface area contributed by atoms with Crippen molar-refractivity contribution in [2.45, 2.75) is 11.4 Å². The fraction of sp³-hybridized carbons (Fsp3) is 0.222. The maximum absolute atomic E-state index is 4.17. The van der Waals surface area contributed by atoms with Crippen LogP contribution in [0.25, 0.3) is 5.32 Å². The summed E-state index contributed by atoms with van der Waals surface area (Å²) in [7, 11) is 0. The summed E-state index contributed by atoms with van der Waals surface area (Å²) in [5.74, 6) is 0.393. The minimum atomic E-state index is 0.393. The maximum atomic E-state index is 4.17. The molecule has 0 aliphatic rings. The molecule has 78 valence electrons. The number of hydrogen-bond acceptors (Lipinski definition) is 4. The number of aromatic nitrogens is 4. The van der Waals surface area contributed by atoms with E-state index in [2.05, 4.69) is 56.5 Å². The lowest BCUT2D eigenvalue weighted by atomic mass is 10.2. The van der Waals surface area contributed by atoms with Crippen molar-refractivity contribution < 1.29 is 0 Å². The molecule has 0 spiro atoms. The summed E-state index contributed by atoms with van der Waals surface area (Å²) in [5.41, 5.74) is 1.14. The van der Waals surface area contributed by atoms with Gasteiger partial charge >= 0.3 is 0 Å². The zero-order valence-electron chi connectivity index (χ0n) is 8.21. The van der Waals surface area contributed by atoms with Crippen LogP contribution in [0.3, 0.4) is 0 Å². The highest BCUT2D eigenvalue weighted by atomic mass is 32.2. The van der Waals surface area contributed by atoms with Crippen molar-refractivity contribution >= 4 is 17.7 Å². The van der Waals surface area contributed by atoms with Gasteiger partial charge in [-0.25, -0.2) is 0 Å². The Balaban J connectivity index is 1.93. The molecule has 0 fully saturated rings. The minimum Gasteiger partial charge on any atom is -0.386 e. The Bertz CT molecular complexity index is 397. The van der Waals surface area contributed by atoms with Crippen LogP contribution in [-0.4, -0.2) is 26.9 Å². The van der Waals surface area contributed by atoms with E-state index in [1.165, 1.54) is 4.90 Å². The van der Waals surface area contributed by atoms with Crippen LogP contribution in [0.1, 0.15) is 5.56 Å². The Morgan fingerprint density at radius 3 is 2.73 bits per heavy atom. The lowest BCUT2D eigenvalue weighted by Crippen LogP contribution is -1.83. The number of benzene rings is 1. The summed E-state index contributed by atoms with van der Waals surface area (Å²) in [5, 5.41) is 17.4. The van der Waals surface area contributed by atoms with Gasteiger partial charge in [-0.2, -0.15) is 0 Å². The van der Waals surface area contributed by atoms with Gasteiger partial charge in [-0.05, 0) is 24.0 Å². The van der Waals surface area contributed by atoms with E-state index in [4.69, 9.17) is 0 Å². The number of aromatic amines is 1. The SMILES string of the molecule is CSc1ccc(C[N-]c2nn[nH]n2)cc1. The summed E-state index contributed by atoms with van der Waals surface area (Å²) in [4.78, 5) is 1.25. The first-order chi connectivity index (χ1) is 7.38. The predicted octanol–water partition coefficient (Wildman–Crippen LogP) is 2.13. The Kier molecular flexibility index (Phi) is 3.18. The molecule has 0 atom stereocenters. The summed E-state index contributed by atoms with van der Waals surface area (Å²) in [6, 6.07) is 8.25. The molecule has 2 aromatic rings. The van der Waals surface area contributed by atoms with Crippen LogP contribution in [0.5, 0.6) is 0 Å². The van der Waals surface area contributed by atoms with E-state index in [9.17, 15) is 0 Å². The van der Waals surface area contributed by atoms with E-state index < -0.39 is 0 Å². The summed E-state index contributed by atoms with van der Waals surface area (Å²) in [6.45, 7) is 0.578. The largest absolute Gasteiger partial charge is 0.386 e. The molecule has 6 heteroatoms. The second kappa shape index (κ2) is 4.79. The number of nitrogens with zero attached hydrogens (tertiary/aromatic N) is 4. The Labute approximate surface area is 91.7 Å². The lowest BCUT2D eigenvalue weighted by Gasteiger charge is -2.06. The molecule has 0 saturated carbocycles. The van der Waals surface area contributed by atoms with E-state index in [1.54, 1.807) is 11.8 Å². The Morgan fingerprint density at radius 2 is 2.13 bits per heavy atom. The third-order valence-electron chi connectivity index (χ3n) is 1.90. The van der Waals surface area contributed by atoms with Crippen molar-refractivity contribution in [3.05, 3.63) is 35.1 Å². The van der Waals surface area contributed by atoms with Gasteiger partial charge in [-0.15, -0.1) is 17.0 Å². The van der Waals surface area contributed by atoms with Crippen LogP contribution in [0.4, 0.5) is 5.95 Å². The van der Waals surface area contributed by atoms with Gasteiger partial charge in [0.15, 0.2) is 0 Å². The molecule has 2 rings (SSSR count). The van der Waals surface area contributed by atoms with Gasteiger partial charge < -0.3 is 5.32 Å². The quantitative estimate of drug-likeness (QED) is 0.801. The van der Waals surface area contributed by atoms with E-state index in [0.717, 1.165) is 5.56 Å². The van der Waals surface area contributed by atoms with E-state index >= 15 is 0 Å². The first kappa shape index (κ1) is 9.97. The van der Waals surface area contributed by atoms with Crippen molar-refractivity contribution in [1.29, 1.82) is 0 Å². The van der Waals surface area contributed by atoms with Crippen molar-refractivity contribution in [2.75, 3.05) is 6.26 Å². The summed E-state index contributed by atoms with van der Waals surface area (Å²) < 4.78 is 0. The third kappa shape index (κ3) is 2.69. The monoisotopic (exact) mass is 220 g/mol. The van der Waals surface area contributed by atoms with Gasteiger partial charge in [0.2, 0.25) is 0 Å². The van der Waals surface area contributed by atoms with Crippen LogP contribution in [0.15, 0.2) is 29.2 Å². The number of rotatable bonds is 4. The number of hydrogen-bond donors (Lipinski definition) is 1. The standard InChI is InChI=1S/C9H10N5S/c1-15-8-4-2-7(3-5-8)6-10-9-11-13-14-12-9/h2-5H,6H2,1H3,(H-,10,11,12,13,14)/q-1. The molecule has 0 saturated heterocycles. The van der Waals surface area contributed by atoms with Crippen LogP contribution < -0.4 is 0 Å². The average molecular weight is 220 g/mol. The molecule has 0 bridgehead atoms. The molecule has 1 N–H and O–H groups in total. The average Bonchev–Trinajstić information content (AvgIpc) is 2.80. The van der Waals surface area contributed by atoms with Crippen molar-refractivity contribution in [3.63, 3.8) is 0 Å². The van der Waals surface area contributed by atoms with Gasteiger partial charge in [-0.1, -0.05) is 12.1 Å². The molecule has 15 heavy (non-hydrogen) atoms. The Hall–Kier alpha value is -1.56. The fourth-order valence-corrected chi connectivity index (χ4v) is 1.52. The number of thioether (sulfide) groups is 1. The summed E-state index contributed by atoms with van der Waals surface area (Å²) in [6.07, 6.45) is 2.05. The molecular weight excluding hydrogens is 210 g/mol. The number of nitrogens with one attached hydrogen (secondary N) is 1. The molecule has 0 aliphatic heterocycles. The molecule has 1 aromatic heterocycles. The van der Waals surface area contributed by atoms with E-state index in [-0.39, 0.29) is 0 Å². The zero-order valence-corrected chi connectivity index (χ0v) is 9.03. The maximum Gasteiger partial charge on any atom is 0.0617 e. The van der Waals surface area contributed by atoms with Crippen LogP contribution in [0, 0.1) is 0 Å². The van der Waals surface area contributed by atoms with Crippen molar-refractivity contribution in [2.24, 2.45) is 0 Å². The topological polar surface area (TPSA) is 68.6 Å². The van der Waals surface area contributed by atoms with Gasteiger partial charge in [0.05, 0.1) is 5.95 Å². The molecule has 0 unspecified atom stereocenters. The smallest absolute Gasteiger partial charge is 0.0617 e. The first-order valence-electron chi connectivity index (χ1n) is 4.42. The zero-order chi connectivity index (χ0) is 10.5. The van der Waals surface area contributed by atoms with Gasteiger partial charge in [-0.3, -0.25) is 15.4 Å². The molecule has 5 nitrogen and oxygen atoms in total. The highest BCUT2D eigenvalue weighted by molar-refractivity contribution is 7.98. The first-order valence-corrected chi connectivity index (χ1v) is 5.65. The molecule has 0 aliphatic carbocycles. The molecule has 0 radical (unpaired) electrons. The molecule has 1 heterocycles. The van der Waals surface area contributed by atoms with Crippen LogP contribution >= 0.6 is 11.8 Å². The van der Waals surface area contributed by atoms with E-state index in [0.29, 0.717) is 12.5 Å².